The lowest BCUT2D eigenvalue weighted by molar-refractivity contribution is -0.358. The molecule has 6 rings (SSSR count). The normalized spacial score (nSPS) is 48.8. The molecule has 0 amide bonds. The minimum Gasteiger partial charge on any atom is -0.390 e. The number of ether oxygens (including phenoxy) is 3. The lowest BCUT2D eigenvalue weighted by Gasteiger charge is -2.64. The second-order valence-electron chi connectivity index (χ2n) is 12.9. The molecule has 3 N–H and O–H groups in total. The van der Waals surface area contributed by atoms with E-state index in [-0.39, 0.29) is 0 Å². The maximum atomic E-state index is 13.1. The summed E-state index contributed by atoms with van der Waals surface area (Å²) in [6, 6.07) is 0. The van der Waals surface area contributed by atoms with Gasteiger partial charge in [-0.2, -0.15) is 0 Å². The standard InChI is InChI=1S/C32H40O6/c1-17(2)8-11-29-22-14-20(7)15-23(29)25(34)28-31(37-28,13-10-19(5)6)32(29,35)38-26-21(22)16-24(33)27-30(26,36-27)12-9-18(3)4/h9-10,14,16,22-28,33-35H,1,12-13,15H2,2-7H3. The summed E-state index contributed by atoms with van der Waals surface area (Å²) >= 11 is 0. The number of hydrogen-bond acceptors (Lipinski definition) is 6. The molecular formula is C32H40O6. The van der Waals surface area contributed by atoms with Crippen LogP contribution in [0.25, 0.3) is 0 Å². The van der Waals surface area contributed by atoms with Crippen LogP contribution in [0, 0.1) is 29.1 Å². The van der Waals surface area contributed by atoms with E-state index in [1.807, 2.05) is 46.8 Å². The number of aliphatic hydroxyl groups is 3. The lowest BCUT2D eigenvalue weighted by atomic mass is 9.45. The molecule has 0 radical (unpaired) electrons. The fourth-order valence-corrected chi connectivity index (χ4v) is 7.79. The predicted molar refractivity (Wildman–Crippen MR) is 144 cm³/mol. The highest BCUT2D eigenvalue weighted by molar-refractivity contribution is 5.50. The summed E-state index contributed by atoms with van der Waals surface area (Å²) in [7, 11) is 0. The Morgan fingerprint density at radius 2 is 1.71 bits per heavy atom. The molecule has 6 heteroatoms. The van der Waals surface area contributed by atoms with Crippen molar-refractivity contribution in [2.45, 2.75) is 108 Å². The fraction of sp³-hybridized carbons (Fsp3) is 0.625. The Morgan fingerprint density at radius 1 is 1.03 bits per heavy atom. The van der Waals surface area contributed by atoms with Crippen molar-refractivity contribution in [2.75, 3.05) is 0 Å². The van der Waals surface area contributed by atoms with Crippen molar-refractivity contribution in [3.05, 3.63) is 58.7 Å². The van der Waals surface area contributed by atoms with Crippen LogP contribution in [0.4, 0.5) is 0 Å². The maximum absolute atomic E-state index is 13.1. The van der Waals surface area contributed by atoms with E-state index in [2.05, 4.69) is 37.5 Å². The van der Waals surface area contributed by atoms with Crippen LogP contribution in [-0.2, 0) is 14.2 Å². The molecule has 6 aliphatic rings. The van der Waals surface area contributed by atoms with E-state index in [0.717, 1.165) is 22.3 Å². The fourth-order valence-electron chi connectivity index (χ4n) is 7.79. The van der Waals surface area contributed by atoms with Gasteiger partial charge in [0.05, 0.1) is 6.10 Å². The van der Waals surface area contributed by atoms with Crippen LogP contribution in [-0.4, -0.2) is 62.8 Å². The van der Waals surface area contributed by atoms with Crippen LogP contribution in [0.5, 0.6) is 0 Å². The zero-order valence-corrected chi connectivity index (χ0v) is 23.2. The molecule has 6 nitrogen and oxygen atoms in total. The molecule has 3 aliphatic carbocycles. The van der Waals surface area contributed by atoms with Gasteiger partial charge < -0.3 is 29.5 Å². The first kappa shape index (κ1) is 26.3. The van der Waals surface area contributed by atoms with Crippen LogP contribution < -0.4 is 0 Å². The molecule has 11 unspecified atom stereocenters. The molecule has 38 heavy (non-hydrogen) atoms. The Kier molecular flexibility index (Phi) is 5.71. The Bertz CT molecular complexity index is 1270. The van der Waals surface area contributed by atoms with Gasteiger partial charge in [0.1, 0.15) is 35.4 Å². The first-order valence-electron chi connectivity index (χ1n) is 13.8. The van der Waals surface area contributed by atoms with Crippen LogP contribution in [0.3, 0.4) is 0 Å². The Balaban J connectivity index is 1.61. The molecule has 3 saturated heterocycles. The van der Waals surface area contributed by atoms with Gasteiger partial charge in [-0.05, 0) is 59.1 Å². The average molecular weight is 521 g/mol. The minimum absolute atomic E-state index is 0.395. The molecular weight excluding hydrogens is 480 g/mol. The van der Waals surface area contributed by atoms with Gasteiger partial charge in [0, 0.05) is 24.7 Å². The smallest absolute Gasteiger partial charge is 0.217 e. The van der Waals surface area contributed by atoms with Crippen LogP contribution in [0.15, 0.2) is 58.7 Å². The molecule has 0 aromatic carbocycles. The summed E-state index contributed by atoms with van der Waals surface area (Å²) < 4.78 is 19.6. The first-order chi connectivity index (χ1) is 17.8. The predicted octanol–water partition coefficient (Wildman–Crippen LogP) is 3.89. The summed E-state index contributed by atoms with van der Waals surface area (Å²) in [5.41, 5.74) is 1.75. The van der Waals surface area contributed by atoms with Gasteiger partial charge in [-0.15, -0.1) is 0 Å². The van der Waals surface area contributed by atoms with E-state index in [0.29, 0.717) is 24.8 Å². The highest BCUT2D eigenvalue weighted by Crippen LogP contribution is 2.74. The van der Waals surface area contributed by atoms with E-state index in [1.165, 1.54) is 0 Å². The van der Waals surface area contributed by atoms with E-state index in [4.69, 9.17) is 14.2 Å². The Labute approximate surface area is 225 Å². The highest BCUT2D eigenvalue weighted by Gasteiger charge is 2.88. The van der Waals surface area contributed by atoms with Crippen molar-refractivity contribution in [3.63, 3.8) is 0 Å². The van der Waals surface area contributed by atoms with E-state index >= 15 is 0 Å². The third-order valence-electron chi connectivity index (χ3n) is 9.63. The molecule has 0 spiro atoms. The van der Waals surface area contributed by atoms with Crippen LogP contribution in [0.2, 0.25) is 0 Å². The van der Waals surface area contributed by atoms with E-state index < -0.39 is 64.8 Å². The molecule has 0 aromatic heterocycles. The molecule has 4 fully saturated rings. The molecule has 1 saturated carbocycles. The second kappa shape index (κ2) is 8.27. The lowest BCUT2D eigenvalue weighted by Crippen LogP contribution is -2.76. The summed E-state index contributed by atoms with van der Waals surface area (Å²) in [5.74, 6) is 3.95. The van der Waals surface area contributed by atoms with Crippen molar-refractivity contribution in [3.8, 4) is 11.8 Å². The zero-order chi connectivity index (χ0) is 27.4. The number of fused-ring (bicyclic) bond motifs is 6. The molecule has 11 atom stereocenters. The molecule has 0 aromatic rings. The van der Waals surface area contributed by atoms with Gasteiger partial charge in [-0.1, -0.05) is 59.4 Å². The van der Waals surface area contributed by atoms with Crippen molar-refractivity contribution < 1.29 is 29.5 Å². The number of epoxide rings is 2. The SMILES string of the molecule is C=C(C)C#CC12C3C=C(C)CC1C(O)C1OC1(CC=C(C)C)C2(O)OC1C3=CC(O)C2OC12CC=C(C)C. The summed E-state index contributed by atoms with van der Waals surface area (Å²) in [5, 5.41) is 35.9. The number of rotatable bonds is 4. The molecule has 3 aliphatic heterocycles. The molecule has 0 bridgehead atoms. The summed E-state index contributed by atoms with van der Waals surface area (Å²) in [4.78, 5) is 0. The maximum Gasteiger partial charge on any atom is 0.217 e. The van der Waals surface area contributed by atoms with Crippen molar-refractivity contribution in [2.24, 2.45) is 17.3 Å². The van der Waals surface area contributed by atoms with Gasteiger partial charge >= 0.3 is 0 Å². The van der Waals surface area contributed by atoms with Gasteiger partial charge in [-0.3, -0.25) is 0 Å². The third kappa shape index (κ3) is 3.24. The third-order valence-corrected chi connectivity index (χ3v) is 9.63. The average Bonchev–Trinajstić information content (AvgIpc) is 3.74. The summed E-state index contributed by atoms with van der Waals surface area (Å²) in [6.45, 7) is 16.0. The van der Waals surface area contributed by atoms with Crippen molar-refractivity contribution >= 4 is 0 Å². The Hall–Kier alpha value is -1.98. The van der Waals surface area contributed by atoms with Crippen LogP contribution >= 0.6 is 0 Å². The minimum atomic E-state index is -1.83. The van der Waals surface area contributed by atoms with Gasteiger partial charge in [0.2, 0.25) is 5.79 Å². The molecule has 204 valence electrons. The van der Waals surface area contributed by atoms with E-state index in [9.17, 15) is 15.3 Å². The van der Waals surface area contributed by atoms with Gasteiger partial charge in [0.25, 0.3) is 0 Å². The van der Waals surface area contributed by atoms with Crippen molar-refractivity contribution in [1.29, 1.82) is 0 Å². The molecule has 3 heterocycles. The Morgan fingerprint density at radius 3 is 2.37 bits per heavy atom. The second-order valence-corrected chi connectivity index (χ2v) is 12.9. The van der Waals surface area contributed by atoms with Crippen LogP contribution in [0.1, 0.15) is 60.8 Å². The summed E-state index contributed by atoms with van der Waals surface area (Å²) in [6.07, 6.45) is 6.49. The monoisotopic (exact) mass is 520 g/mol. The quantitative estimate of drug-likeness (QED) is 0.296. The highest BCUT2D eigenvalue weighted by atomic mass is 16.7. The number of aliphatic hydroxyl groups excluding tert-OH is 2. The topological polar surface area (TPSA) is 95.0 Å². The first-order valence-corrected chi connectivity index (χ1v) is 13.8. The number of allylic oxidation sites excluding steroid dienone is 5. The van der Waals surface area contributed by atoms with Gasteiger partial charge in [0.15, 0.2) is 5.60 Å². The zero-order valence-electron chi connectivity index (χ0n) is 23.2. The van der Waals surface area contributed by atoms with Gasteiger partial charge in [-0.25, -0.2) is 0 Å². The van der Waals surface area contributed by atoms with E-state index in [1.54, 1.807) is 0 Å². The largest absolute Gasteiger partial charge is 0.390 e. The van der Waals surface area contributed by atoms with Crippen molar-refractivity contribution in [1.82, 2.24) is 0 Å². The number of hydrogen-bond donors (Lipinski definition) is 3.